The first-order chi connectivity index (χ1) is 9.08. The molecule has 1 fully saturated rings. The van der Waals surface area contributed by atoms with Crippen LogP contribution in [0, 0.1) is 6.92 Å². The SMILES string of the molecule is Cc1sc(CN=C(N)N2CCSCC2)nc1C(C)C. The Morgan fingerprint density at radius 2 is 2.11 bits per heavy atom. The molecule has 0 aliphatic carbocycles. The van der Waals surface area contributed by atoms with Gasteiger partial charge in [0.15, 0.2) is 5.96 Å². The molecular formula is C13H22N4S2. The quantitative estimate of drug-likeness (QED) is 0.688. The zero-order valence-corrected chi connectivity index (χ0v) is 13.5. The van der Waals surface area contributed by atoms with Gasteiger partial charge < -0.3 is 10.6 Å². The molecule has 1 saturated heterocycles. The van der Waals surface area contributed by atoms with Crippen molar-refractivity contribution < 1.29 is 0 Å². The van der Waals surface area contributed by atoms with Crippen LogP contribution in [0.4, 0.5) is 0 Å². The summed E-state index contributed by atoms with van der Waals surface area (Å²) in [4.78, 5) is 12.6. The number of hydrogen-bond donors (Lipinski definition) is 1. The molecule has 0 unspecified atom stereocenters. The van der Waals surface area contributed by atoms with Crippen LogP contribution in [-0.4, -0.2) is 40.4 Å². The summed E-state index contributed by atoms with van der Waals surface area (Å²) >= 11 is 3.71. The molecule has 0 radical (unpaired) electrons. The summed E-state index contributed by atoms with van der Waals surface area (Å²) < 4.78 is 0. The number of nitrogens with two attached hydrogens (primary N) is 1. The molecule has 106 valence electrons. The van der Waals surface area contributed by atoms with Crippen LogP contribution < -0.4 is 5.73 Å². The van der Waals surface area contributed by atoms with Gasteiger partial charge in [-0.05, 0) is 12.8 Å². The van der Waals surface area contributed by atoms with Crippen LogP contribution in [0.25, 0.3) is 0 Å². The molecule has 4 nitrogen and oxygen atoms in total. The minimum atomic E-state index is 0.477. The lowest BCUT2D eigenvalue weighted by molar-refractivity contribution is 0.455. The largest absolute Gasteiger partial charge is 0.370 e. The fourth-order valence-corrected chi connectivity index (χ4v) is 4.02. The fraction of sp³-hybridized carbons (Fsp3) is 0.692. The van der Waals surface area contributed by atoms with Gasteiger partial charge in [-0.15, -0.1) is 11.3 Å². The summed E-state index contributed by atoms with van der Waals surface area (Å²) in [7, 11) is 0. The van der Waals surface area contributed by atoms with E-state index in [-0.39, 0.29) is 0 Å². The molecule has 0 saturated carbocycles. The van der Waals surface area contributed by atoms with Gasteiger partial charge in [0.05, 0.1) is 12.2 Å². The highest BCUT2D eigenvalue weighted by atomic mass is 32.2. The van der Waals surface area contributed by atoms with Gasteiger partial charge in [0, 0.05) is 29.5 Å². The van der Waals surface area contributed by atoms with Gasteiger partial charge in [0.25, 0.3) is 0 Å². The van der Waals surface area contributed by atoms with Crippen molar-refractivity contribution in [2.24, 2.45) is 10.7 Å². The first-order valence-electron chi connectivity index (χ1n) is 6.66. The number of aliphatic imine (C=N–C) groups is 1. The van der Waals surface area contributed by atoms with Gasteiger partial charge in [-0.25, -0.2) is 9.98 Å². The van der Waals surface area contributed by atoms with Crippen molar-refractivity contribution in [3.63, 3.8) is 0 Å². The van der Waals surface area contributed by atoms with Crippen LogP contribution in [-0.2, 0) is 6.54 Å². The molecule has 1 aromatic heterocycles. The maximum Gasteiger partial charge on any atom is 0.191 e. The Labute approximate surface area is 123 Å². The van der Waals surface area contributed by atoms with Gasteiger partial charge in [0.2, 0.25) is 0 Å². The van der Waals surface area contributed by atoms with E-state index in [1.165, 1.54) is 10.6 Å². The van der Waals surface area contributed by atoms with Crippen LogP contribution in [0.5, 0.6) is 0 Å². The van der Waals surface area contributed by atoms with Crippen molar-refractivity contribution in [3.05, 3.63) is 15.6 Å². The van der Waals surface area contributed by atoms with Crippen molar-refractivity contribution in [3.8, 4) is 0 Å². The van der Waals surface area contributed by atoms with Crippen molar-refractivity contribution >= 4 is 29.1 Å². The van der Waals surface area contributed by atoms with Crippen LogP contribution >= 0.6 is 23.1 Å². The third kappa shape index (κ3) is 3.86. The van der Waals surface area contributed by atoms with Gasteiger partial charge in [-0.3, -0.25) is 0 Å². The molecule has 2 rings (SSSR count). The van der Waals surface area contributed by atoms with E-state index < -0.39 is 0 Å². The topological polar surface area (TPSA) is 54.5 Å². The number of aryl methyl sites for hydroxylation is 1. The summed E-state index contributed by atoms with van der Waals surface area (Å²) in [5.41, 5.74) is 7.24. The lowest BCUT2D eigenvalue weighted by Gasteiger charge is -2.27. The van der Waals surface area contributed by atoms with E-state index in [4.69, 9.17) is 5.73 Å². The predicted molar refractivity (Wildman–Crippen MR) is 85.2 cm³/mol. The second-order valence-electron chi connectivity index (χ2n) is 4.98. The molecular weight excluding hydrogens is 276 g/mol. The maximum atomic E-state index is 6.04. The summed E-state index contributed by atoms with van der Waals surface area (Å²) in [5.74, 6) is 3.43. The average Bonchev–Trinajstić information content (AvgIpc) is 2.78. The molecule has 2 heterocycles. The molecule has 19 heavy (non-hydrogen) atoms. The smallest absolute Gasteiger partial charge is 0.191 e. The lowest BCUT2D eigenvalue weighted by atomic mass is 10.1. The van der Waals surface area contributed by atoms with Gasteiger partial charge in [0.1, 0.15) is 5.01 Å². The molecule has 0 amide bonds. The molecule has 1 aliphatic rings. The number of thiazole rings is 1. The van der Waals surface area contributed by atoms with Crippen molar-refractivity contribution in [2.75, 3.05) is 24.6 Å². The Morgan fingerprint density at radius 3 is 2.68 bits per heavy atom. The number of rotatable bonds is 3. The number of thioether (sulfide) groups is 1. The zero-order valence-electron chi connectivity index (χ0n) is 11.8. The monoisotopic (exact) mass is 298 g/mol. The van der Waals surface area contributed by atoms with E-state index in [2.05, 4.69) is 35.6 Å². The Balaban J connectivity index is 1.98. The van der Waals surface area contributed by atoms with Crippen molar-refractivity contribution in [1.82, 2.24) is 9.88 Å². The molecule has 6 heteroatoms. The van der Waals surface area contributed by atoms with Gasteiger partial charge >= 0.3 is 0 Å². The third-order valence-corrected chi connectivity index (χ3v) is 5.05. The molecule has 2 N–H and O–H groups in total. The maximum absolute atomic E-state index is 6.04. The van der Waals surface area contributed by atoms with Crippen molar-refractivity contribution in [1.29, 1.82) is 0 Å². The Hall–Kier alpha value is -0.750. The Morgan fingerprint density at radius 1 is 1.42 bits per heavy atom. The first kappa shape index (κ1) is 14.7. The summed E-state index contributed by atoms with van der Waals surface area (Å²) in [5, 5.41) is 1.07. The van der Waals surface area contributed by atoms with Crippen LogP contribution in [0.2, 0.25) is 0 Å². The highest BCUT2D eigenvalue weighted by molar-refractivity contribution is 7.99. The standard InChI is InChI=1S/C13H22N4S2/c1-9(2)12-10(3)19-11(16-12)8-15-13(14)17-4-6-18-7-5-17/h9H,4-8H2,1-3H3,(H2,14,15). The molecule has 1 aliphatic heterocycles. The lowest BCUT2D eigenvalue weighted by Crippen LogP contribution is -2.42. The molecule has 0 bridgehead atoms. The van der Waals surface area contributed by atoms with Crippen LogP contribution in [0.1, 0.15) is 35.3 Å². The first-order valence-corrected chi connectivity index (χ1v) is 8.64. The van der Waals surface area contributed by atoms with Crippen LogP contribution in [0.3, 0.4) is 0 Å². The second-order valence-corrected chi connectivity index (χ2v) is 7.49. The Kier molecular flexibility index (Phi) is 5.10. The van der Waals surface area contributed by atoms with E-state index in [1.54, 1.807) is 11.3 Å². The van der Waals surface area contributed by atoms with Crippen LogP contribution in [0.15, 0.2) is 4.99 Å². The van der Waals surface area contributed by atoms with Crippen molar-refractivity contribution in [2.45, 2.75) is 33.2 Å². The van der Waals surface area contributed by atoms with E-state index in [0.717, 1.165) is 29.6 Å². The number of nitrogens with zero attached hydrogens (tertiary/aromatic N) is 3. The minimum absolute atomic E-state index is 0.477. The van der Waals surface area contributed by atoms with E-state index in [0.29, 0.717) is 18.4 Å². The van der Waals surface area contributed by atoms with E-state index >= 15 is 0 Å². The Bertz CT molecular complexity index is 447. The van der Waals surface area contributed by atoms with Gasteiger partial charge in [-0.1, -0.05) is 13.8 Å². The molecule has 0 aromatic carbocycles. The van der Waals surface area contributed by atoms with E-state index in [9.17, 15) is 0 Å². The third-order valence-electron chi connectivity index (χ3n) is 3.14. The summed E-state index contributed by atoms with van der Waals surface area (Å²) in [6, 6.07) is 0. The number of guanidine groups is 1. The molecule has 1 aromatic rings. The highest BCUT2D eigenvalue weighted by Gasteiger charge is 2.13. The zero-order chi connectivity index (χ0) is 13.8. The number of aromatic nitrogens is 1. The normalized spacial score (nSPS) is 17.3. The van der Waals surface area contributed by atoms with Gasteiger partial charge in [-0.2, -0.15) is 11.8 Å². The van der Waals surface area contributed by atoms with E-state index in [1.807, 2.05) is 11.8 Å². The predicted octanol–water partition coefficient (Wildman–Crippen LogP) is 2.44. The second kappa shape index (κ2) is 6.61. The average molecular weight is 298 g/mol. The minimum Gasteiger partial charge on any atom is -0.370 e. The molecule has 0 atom stereocenters. The highest BCUT2D eigenvalue weighted by Crippen LogP contribution is 2.24. The summed E-state index contributed by atoms with van der Waals surface area (Å²) in [6.07, 6.45) is 0. The summed E-state index contributed by atoms with van der Waals surface area (Å²) in [6.45, 7) is 9.10. The number of hydrogen-bond acceptors (Lipinski definition) is 4. The fourth-order valence-electron chi connectivity index (χ4n) is 2.11. The molecule has 0 spiro atoms.